The van der Waals surface area contributed by atoms with Crippen molar-refractivity contribution in [3.63, 3.8) is 0 Å². The quantitative estimate of drug-likeness (QED) is 0.747. The summed E-state index contributed by atoms with van der Waals surface area (Å²) in [5.41, 5.74) is 2.68. The van der Waals surface area contributed by atoms with Crippen molar-refractivity contribution in [2.45, 2.75) is 6.92 Å². The molecule has 4 rings (SSSR count). The van der Waals surface area contributed by atoms with E-state index < -0.39 is 0 Å². The summed E-state index contributed by atoms with van der Waals surface area (Å²) in [5, 5.41) is 11.1. The van der Waals surface area contributed by atoms with E-state index in [9.17, 15) is 4.79 Å². The highest BCUT2D eigenvalue weighted by atomic mass is 16.7. The number of hydrogen-bond acceptors (Lipinski definition) is 6. The minimum atomic E-state index is -0.233. The zero-order valence-electron chi connectivity index (χ0n) is 14.6. The van der Waals surface area contributed by atoms with Gasteiger partial charge >= 0.3 is 0 Å². The number of anilines is 1. The van der Waals surface area contributed by atoms with E-state index in [2.05, 4.69) is 15.5 Å². The van der Waals surface area contributed by atoms with E-state index in [1.165, 1.54) is 0 Å². The Morgan fingerprint density at radius 3 is 2.78 bits per heavy atom. The van der Waals surface area contributed by atoms with Gasteiger partial charge in [0.2, 0.25) is 12.7 Å². The lowest BCUT2D eigenvalue weighted by atomic mass is 10.1. The summed E-state index contributed by atoms with van der Waals surface area (Å²) < 4.78 is 15.9. The topological polar surface area (TPSA) is 82.6 Å². The van der Waals surface area contributed by atoms with Gasteiger partial charge < -0.3 is 19.5 Å². The lowest BCUT2D eigenvalue weighted by Crippen LogP contribution is -2.11. The van der Waals surface area contributed by atoms with E-state index in [1.54, 1.807) is 24.3 Å². The van der Waals surface area contributed by atoms with Crippen LogP contribution in [0.1, 0.15) is 17.3 Å². The van der Waals surface area contributed by atoms with Crippen molar-refractivity contribution >= 4 is 11.6 Å². The number of carbonyl (C=O) groups is 1. The third-order valence-electron chi connectivity index (χ3n) is 3.98. The van der Waals surface area contributed by atoms with Crippen LogP contribution in [0.5, 0.6) is 17.4 Å². The molecule has 0 saturated heterocycles. The van der Waals surface area contributed by atoms with Crippen molar-refractivity contribution < 1.29 is 19.0 Å². The molecule has 0 bridgehead atoms. The third-order valence-corrected chi connectivity index (χ3v) is 3.98. The molecule has 2 aromatic carbocycles. The molecule has 27 heavy (non-hydrogen) atoms. The van der Waals surface area contributed by atoms with Crippen LogP contribution in [-0.2, 0) is 0 Å². The monoisotopic (exact) mass is 363 g/mol. The van der Waals surface area contributed by atoms with Crippen LogP contribution in [0.2, 0.25) is 0 Å². The fourth-order valence-corrected chi connectivity index (χ4v) is 2.70. The number of hydrogen-bond donors (Lipinski definition) is 1. The predicted octanol–water partition coefficient (Wildman–Crippen LogP) is 3.52. The van der Waals surface area contributed by atoms with Crippen molar-refractivity contribution in [2.24, 2.45) is 0 Å². The second-order valence-electron chi connectivity index (χ2n) is 5.79. The molecule has 7 nitrogen and oxygen atoms in total. The summed E-state index contributed by atoms with van der Waals surface area (Å²) in [6.45, 7) is 2.60. The Morgan fingerprint density at radius 1 is 1.07 bits per heavy atom. The molecular weight excluding hydrogens is 346 g/mol. The largest absolute Gasteiger partial charge is 0.477 e. The smallest absolute Gasteiger partial charge is 0.255 e. The summed E-state index contributed by atoms with van der Waals surface area (Å²) in [6.07, 6.45) is 0. The van der Waals surface area contributed by atoms with Crippen molar-refractivity contribution in [2.75, 3.05) is 18.7 Å². The Labute approximate surface area is 155 Å². The zero-order chi connectivity index (χ0) is 18.6. The van der Waals surface area contributed by atoms with Gasteiger partial charge in [0.15, 0.2) is 11.5 Å². The number of benzene rings is 2. The molecule has 1 N–H and O–H groups in total. The van der Waals surface area contributed by atoms with Gasteiger partial charge in [0.05, 0.1) is 12.3 Å². The first kappa shape index (κ1) is 16.8. The highest BCUT2D eigenvalue weighted by Gasteiger charge is 2.16. The molecule has 1 amide bonds. The molecule has 3 aromatic rings. The van der Waals surface area contributed by atoms with E-state index in [0.717, 1.165) is 5.56 Å². The molecule has 1 aromatic heterocycles. The number of amides is 1. The van der Waals surface area contributed by atoms with E-state index in [-0.39, 0.29) is 12.7 Å². The minimum Gasteiger partial charge on any atom is -0.477 e. The van der Waals surface area contributed by atoms with Crippen LogP contribution in [-0.4, -0.2) is 29.5 Å². The number of nitrogens with zero attached hydrogens (tertiary/aromatic N) is 2. The van der Waals surface area contributed by atoms with E-state index >= 15 is 0 Å². The number of carbonyl (C=O) groups excluding carboxylic acids is 1. The molecule has 1 aliphatic rings. The molecule has 1 aliphatic heterocycles. The van der Waals surface area contributed by atoms with Crippen LogP contribution >= 0.6 is 0 Å². The Balaban J connectivity index is 1.51. The predicted molar refractivity (Wildman–Crippen MR) is 99.2 cm³/mol. The second-order valence-corrected chi connectivity index (χ2v) is 5.79. The zero-order valence-corrected chi connectivity index (χ0v) is 14.6. The van der Waals surface area contributed by atoms with Gasteiger partial charge in [0, 0.05) is 22.9 Å². The van der Waals surface area contributed by atoms with E-state index in [4.69, 9.17) is 14.2 Å². The Kier molecular flexibility index (Phi) is 4.57. The van der Waals surface area contributed by atoms with Crippen LogP contribution in [0.25, 0.3) is 11.3 Å². The van der Waals surface area contributed by atoms with Crippen molar-refractivity contribution in [1.82, 2.24) is 10.2 Å². The van der Waals surface area contributed by atoms with Gasteiger partial charge in [-0.25, -0.2) is 0 Å². The Hall–Kier alpha value is -3.61. The van der Waals surface area contributed by atoms with Gasteiger partial charge in [-0.15, -0.1) is 10.2 Å². The van der Waals surface area contributed by atoms with Crippen LogP contribution in [0.3, 0.4) is 0 Å². The number of ether oxygens (including phenoxy) is 3. The van der Waals surface area contributed by atoms with Crippen LogP contribution in [0.4, 0.5) is 5.69 Å². The minimum absolute atomic E-state index is 0.172. The van der Waals surface area contributed by atoms with Gasteiger partial charge in [0.1, 0.15) is 0 Å². The highest BCUT2D eigenvalue weighted by molar-refractivity contribution is 6.04. The SMILES string of the molecule is CCOc1ccc(-c2cccc(NC(=O)c3ccc4c(c3)OCO4)c2)nn1. The normalized spacial score (nSPS) is 11.9. The van der Waals surface area contributed by atoms with E-state index in [0.29, 0.717) is 40.9 Å². The summed E-state index contributed by atoms with van der Waals surface area (Å²) in [5.74, 6) is 1.46. The average molecular weight is 363 g/mol. The fraction of sp³-hybridized carbons (Fsp3) is 0.150. The molecule has 7 heteroatoms. The molecule has 0 radical (unpaired) electrons. The molecule has 0 saturated carbocycles. The number of nitrogens with one attached hydrogen (secondary N) is 1. The maximum Gasteiger partial charge on any atom is 0.255 e. The van der Waals surface area contributed by atoms with Gasteiger partial charge in [-0.2, -0.15) is 0 Å². The maximum atomic E-state index is 12.5. The Morgan fingerprint density at radius 2 is 1.96 bits per heavy atom. The highest BCUT2D eigenvalue weighted by Crippen LogP contribution is 2.32. The first-order valence-corrected chi connectivity index (χ1v) is 8.51. The summed E-state index contributed by atoms with van der Waals surface area (Å²) in [7, 11) is 0. The first-order valence-electron chi connectivity index (χ1n) is 8.51. The first-order chi connectivity index (χ1) is 13.2. The number of rotatable bonds is 5. The summed E-state index contributed by atoms with van der Waals surface area (Å²) in [6, 6.07) is 16.1. The van der Waals surface area contributed by atoms with Gasteiger partial charge in [0.25, 0.3) is 5.91 Å². The van der Waals surface area contributed by atoms with Gasteiger partial charge in [-0.3, -0.25) is 4.79 Å². The molecule has 0 aliphatic carbocycles. The standard InChI is InChI=1S/C20H17N3O4/c1-2-25-19-9-7-16(22-23-19)13-4-3-5-15(10-13)21-20(24)14-6-8-17-18(11-14)27-12-26-17/h3-11H,2,12H2,1H3,(H,21,24). The molecule has 136 valence electrons. The van der Waals surface area contributed by atoms with Crippen LogP contribution < -0.4 is 19.5 Å². The number of aromatic nitrogens is 2. The van der Waals surface area contributed by atoms with Crippen LogP contribution in [0, 0.1) is 0 Å². The van der Waals surface area contributed by atoms with Gasteiger partial charge in [-0.1, -0.05) is 12.1 Å². The van der Waals surface area contributed by atoms with Crippen molar-refractivity contribution in [1.29, 1.82) is 0 Å². The van der Waals surface area contributed by atoms with Gasteiger partial charge in [-0.05, 0) is 43.3 Å². The van der Waals surface area contributed by atoms with Crippen molar-refractivity contribution in [3.8, 4) is 28.6 Å². The lowest BCUT2D eigenvalue weighted by Gasteiger charge is -2.08. The van der Waals surface area contributed by atoms with Crippen molar-refractivity contribution in [3.05, 3.63) is 60.2 Å². The number of fused-ring (bicyclic) bond motifs is 1. The lowest BCUT2D eigenvalue weighted by molar-refractivity contribution is 0.102. The maximum absolute atomic E-state index is 12.5. The summed E-state index contributed by atoms with van der Waals surface area (Å²) in [4.78, 5) is 12.5. The second kappa shape index (κ2) is 7.33. The molecular formula is C20H17N3O4. The Bertz CT molecular complexity index is 973. The molecule has 0 unspecified atom stereocenters. The summed E-state index contributed by atoms with van der Waals surface area (Å²) >= 11 is 0. The fourth-order valence-electron chi connectivity index (χ4n) is 2.70. The molecule has 0 fully saturated rings. The molecule has 0 spiro atoms. The van der Waals surface area contributed by atoms with Crippen LogP contribution in [0.15, 0.2) is 54.6 Å². The third kappa shape index (κ3) is 3.67. The van der Waals surface area contributed by atoms with E-state index in [1.807, 2.05) is 37.3 Å². The average Bonchev–Trinajstić information content (AvgIpc) is 3.17. The molecule has 0 atom stereocenters. The molecule has 2 heterocycles.